The number of carbonyl (C=O) groups is 4. The smallest absolute Gasteiger partial charge is 0.270 e. The third kappa shape index (κ3) is 12.3. The van der Waals surface area contributed by atoms with Crippen molar-refractivity contribution in [1.29, 1.82) is 0 Å². The number of aromatic nitrogens is 2. The third-order valence-electron chi connectivity index (χ3n) is 12.3. The molecule has 1 saturated carbocycles. The first-order valence-electron chi connectivity index (χ1n) is 22.2. The van der Waals surface area contributed by atoms with Gasteiger partial charge in [-0.3, -0.25) is 24.1 Å². The van der Waals surface area contributed by atoms with Crippen molar-refractivity contribution in [3.8, 4) is 0 Å². The standard InChI is InChI=1S/C51H49Cl4N7O5/c52-40-15-13-32(21-42(40)54)19-36-27-62(28-37(48(36)64)20-33-14-16-41(53)43(55)22-33)51(67)46(23-31-7-2-1-3-8-31)60-49(65)39-11-6-12-44(39)59-47-24-45(57-30-58-47)50(66)56-25-38(63)29-61-18-17-34-9-4-5-10-35(34)26-61/h1-5,7-10,13-16,19-22,24,30,38-39,44,46,63H,6,11-12,17-18,23,25-29H2,(H,56,66)(H,60,65)(H,57,58,59)/b36-19+,37-20+/t38-,39?,44?,46-/m0/s1. The summed E-state index contributed by atoms with van der Waals surface area (Å²) >= 11 is 25.1. The van der Waals surface area contributed by atoms with Gasteiger partial charge in [0.1, 0.15) is 23.9 Å². The Balaban J connectivity index is 0.958. The van der Waals surface area contributed by atoms with Crippen molar-refractivity contribution in [3.05, 3.63) is 168 Å². The van der Waals surface area contributed by atoms with Gasteiger partial charge < -0.3 is 26.0 Å². The molecule has 1 aliphatic carbocycles. The summed E-state index contributed by atoms with van der Waals surface area (Å²) < 4.78 is 0. The van der Waals surface area contributed by atoms with Crippen LogP contribution in [0.3, 0.4) is 0 Å². The van der Waals surface area contributed by atoms with Gasteiger partial charge in [-0.05, 0) is 83.5 Å². The fourth-order valence-corrected chi connectivity index (χ4v) is 9.53. The quantitative estimate of drug-likeness (QED) is 0.0808. The first kappa shape index (κ1) is 47.9. The molecule has 3 aliphatic rings. The van der Waals surface area contributed by atoms with Crippen LogP contribution in [0.5, 0.6) is 0 Å². The van der Waals surface area contributed by atoms with E-state index in [1.807, 2.05) is 42.5 Å². The predicted molar refractivity (Wildman–Crippen MR) is 263 cm³/mol. The molecular weight excluding hydrogens is 932 g/mol. The number of amides is 3. The molecule has 3 heterocycles. The number of piperidine rings is 1. The highest BCUT2D eigenvalue weighted by Crippen LogP contribution is 2.31. The van der Waals surface area contributed by atoms with Gasteiger partial charge >= 0.3 is 0 Å². The van der Waals surface area contributed by atoms with E-state index in [4.69, 9.17) is 46.4 Å². The number of carbonyl (C=O) groups excluding carboxylic acids is 4. The second-order valence-electron chi connectivity index (χ2n) is 17.2. The average Bonchev–Trinajstić information content (AvgIpc) is 3.80. The Bertz CT molecular complexity index is 2640. The van der Waals surface area contributed by atoms with Gasteiger partial charge in [0, 0.05) is 68.9 Å². The first-order valence-corrected chi connectivity index (χ1v) is 23.7. The molecule has 1 saturated heterocycles. The van der Waals surface area contributed by atoms with Gasteiger partial charge in [0.25, 0.3) is 5.91 Å². The molecule has 2 aliphatic heterocycles. The minimum Gasteiger partial charge on any atom is -0.390 e. The lowest BCUT2D eigenvalue weighted by Crippen LogP contribution is -2.54. The number of hydrogen-bond donors (Lipinski definition) is 4. The van der Waals surface area contributed by atoms with E-state index in [1.165, 1.54) is 23.5 Å². The molecule has 8 rings (SSSR count). The van der Waals surface area contributed by atoms with Crippen LogP contribution in [0.4, 0.5) is 5.82 Å². The van der Waals surface area contributed by atoms with Gasteiger partial charge in [0.05, 0.1) is 32.1 Å². The van der Waals surface area contributed by atoms with Crippen LogP contribution in [0, 0.1) is 5.92 Å². The molecule has 0 bridgehead atoms. The first-order chi connectivity index (χ1) is 32.4. The number of β-amino-alcohol motifs (C(OH)–C–C–N with tert-alkyl or cyclic N) is 1. The van der Waals surface area contributed by atoms with E-state index in [1.54, 1.807) is 53.5 Å². The fraction of sp³-hybridized carbons (Fsp3) is 0.294. The van der Waals surface area contributed by atoms with Crippen molar-refractivity contribution < 1.29 is 24.3 Å². The van der Waals surface area contributed by atoms with E-state index in [9.17, 15) is 24.3 Å². The van der Waals surface area contributed by atoms with Crippen LogP contribution in [-0.4, -0.2) is 99.3 Å². The number of likely N-dealkylation sites (tertiary alicyclic amines) is 1. The van der Waals surface area contributed by atoms with E-state index >= 15 is 0 Å². The second-order valence-corrected chi connectivity index (χ2v) is 18.8. The number of aliphatic hydroxyl groups is 1. The van der Waals surface area contributed by atoms with E-state index in [-0.39, 0.29) is 55.4 Å². The Labute approximate surface area is 409 Å². The molecule has 0 radical (unpaired) electrons. The lowest BCUT2D eigenvalue weighted by molar-refractivity contribution is -0.137. The van der Waals surface area contributed by atoms with Crippen molar-refractivity contribution in [3.63, 3.8) is 0 Å². The Hall–Kier alpha value is -5.60. The highest BCUT2D eigenvalue weighted by Gasteiger charge is 2.38. The van der Waals surface area contributed by atoms with E-state index in [0.29, 0.717) is 67.6 Å². The maximum atomic E-state index is 14.8. The van der Waals surface area contributed by atoms with Crippen LogP contribution in [0.1, 0.15) is 57.6 Å². The molecule has 4 atom stereocenters. The zero-order valence-electron chi connectivity index (χ0n) is 36.4. The molecule has 4 aromatic carbocycles. The SMILES string of the molecule is O=C1/C(=C/c2ccc(Cl)c(Cl)c2)CN(C(=O)[C@H](Cc2ccccc2)NC(=O)C2CCCC2Nc2cc(C(=O)NC[C@H](O)CN3CCc4ccccc4C3)ncn2)C/C1=C\c1ccc(Cl)c(Cl)c1. The molecule has 0 spiro atoms. The molecule has 4 N–H and O–H groups in total. The number of hydrogen-bond acceptors (Lipinski definition) is 9. The Kier molecular flexibility index (Phi) is 15.7. The van der Waals surface area contributed by atoms with Crippen LogP contribution in [0.15, 0.2) is 115 Å². The Morgan fingerprint density at radius 3 is 2.10 bits per heavy atom. The Morgan fingerprint density at radius 2 is 1.43 bits per heavy atom. The van der Waals surface area contributed by atoms with Gasteiger partial charge in [-0.25, -0.2) is 9.97 Å². The number of fused-ring (bicyclic) bond motifs is 1. The minimum atomic E-state index is -0.989. The highest BCUT2D eigenvalue weighted by molar-refractivity contribution is 6.42. The van der Waals surface area contributed by atoms with Crippen molar-refractivity contribution >= 4 is 87.9 Å². The van der Waals surface area contributed by atoms with Gasteiger partial charge in [0.15, 0.2) is 5.78 Å². The number of nitrogens with one attached hydrogen (secondary N) is 3. The number of aliphatic hydroxyl groups excluding tert-OH is 1. The largest absolute Gasteiger partial charge is 0.390 e. The van der Waals surface area contributed by atoms with Crippen LogP contribution in [-0.2, 0) is 33.8 Å². The summed E-state index contributed by atoms with van der Waals surface area (Å²) in [5.74, 6) is -1.56. The molecule has 1 aromatic heterocycles. The lowest BCUT2D eigenvalue weighted by Gasteiger charge is -2.33. The van der Waals surface area contributed by atoms with Crippen LogP contribution in [0.25, 0.3) is 12.2 Å². The number of nitrogens with zero attached hydrogens (tertiary/aromatic N) is 4. The van der Waals surface area contributed by atoms with E-state index in [0.717, 1.165) is 31.5 Å². The summed E-state index contributed by atoms with van der Waals surface area (Å²) in [5, 5.41) is 21.4. The average molecular weight is 982 g/mol. The summed E-state index contributed by atoms with van der Waals surface area (Å²) in [4.78, 5) is 68.8. The molecular formula is C51H49Cl4N7O5. The summed E-state index contributed by atoms with van der Waals surface area (Å²) in [6, 6.07) is 28.0. The lowest BCUT2D eigenvalue weighted by atomic mass is 9.93. The number of halogens is 4. The van der Waals surface area contributed by atoms with E-state index in [2.05, 4.69) is 43.0 Å². The monoisotopic (exact) mass is 979 g/mol. The second kappa shape index (κ2) is 22.0. The van der Waals surface area contributed by atoms with Crippen molar-refractivity contribution in [1.82, 2.24) is 30.4 Å². The Morgan fingerprint density at radius 1 is 0.776 bits per heavy atom. The molecule has 346 valence electrons. The summed E-state index contributed by atoms with van der Waals surface area (Å²) in [5.41, 5.74) is 5.46. The molecule has 2 unspecified atom stereocenters. The topological polar surface area (TPSA) is 157 Å². The zero-order chi connectivity index (χ0) is 47.0. The van der Waals surface area contributed by atoms with Gasteiger partial charge in [-0.2, -0.15) is 0 Å². The predicted octanol–water partition coefficient (Wildman–Crippen LogP) is 8.13. The van der Waals surface area contributed by atoms with Gasteiger partial charge in [-0.15, -0.1) is 0 Å². The molecule has 2 fully saturated rings. The van der Waals surface area contributed by atoms with Crippen LogP contribution in [0.2, 0.25) is 20.1 Å². The van der Waals surface area contributed by atoms with Gasteiger partial charge in [0.2, 0.25) is 11.8 Å². The third-order valence-corrected chi connectivity index (χ3v) is 13.8. The number of Topliss-reactive ketones (excluding diaryl/α,β-unsaturated/α-hetero) is 1. The normalized spacial score (nSPS) is 19.5. The number of rotatable bonds is 14. The number of anilines is 1. The van der Waals surface area contributed by atoms with E-state index < -0.39 is 24.0 Å². The van der Waals surface area contributed by atoms with Crippen LogP contribution >= 0.6 is 46.4 Å². The molecule has 12 nitrogen and oxygen atoms in total. The fourth-order valence-electron chi connectivity index (χ4n) is 8.92. The molecule has 67 heavy (non-hydrogen) atoms. The maximum Gasteiger partial charge on any atom is 0.270 e. The minimum absolute atomic E-state index is 0.0263. The van der Waals surface area contributed by atoms with Crippen LogP contribution < -0.4 is 16.0 Å². The zero-order valence-corrected chi connectivity index (χ0v) is 39.5. The van der Waals surface area contributed by atoms with Crippen molar-refractivity contribution in [2.45, 2.75) is 56.8 Å². The molecule has 16 heteroatoms. The molecule has 5 aromatic rings. The summed E-state index contributed by atoms with van der Waals surface area (Å²) in [6.45, 7) is 1.99. The van der Waals surface area contributed by atoms with Gasteiger partial charge in [-0.1, -0.05) is 120 Å². The number of benzene rings is 4. The highest BCUT2D eigenvalue weighted by atomic mass is 35.5. The summed E-state index contributed by atoms with van der Waals surface area (Å²) in [6.07, 6.45) is 6.94. The molecule has 3 amide bonds. The summed E-state index contributed by atoms with van der Waals surface area (Å²) in [7, 11) is 0. The van der Waals surface area contributed by atoms with Crippen molar-refractivity contribution in [2.75, 3.05) is 38.0 Å². The maximum absolute atomic E-state index is 14.8. The number of ketones is 1. The van der Waals surface area contributed by atoms with Crippen molar-refractivity contribution in [2.24, 2.45) is 5.92 Å².